The van der Waals surface area contributed by atoms with E-state index >= 15 is 0 Å². The van der Waals surface area contributed by atoms with Crippen LogP contribution in [0.5, 0.6) is 0 Å². The Labute approximate surface area is 77.4 Å². The molecular formula is C5H12N2O4S2. The van der Waals surface area contributed by atoms with Gasteiger partial charge in [0.2, 0.25) is 10.0 Å². The molecule has 1 fully saturated rings. The third kappa shape index (κ3) is 2.63. The molecule has 0 bridgehead atoms. The molecule has 13 heavy (non-hydrogen) atoms. The Balaban J connectivity index is 2.71. The van der Waals surface area contributed by atoms with Crippen LogP contribution in [0.1, 0.15) is 12.8 Å². The van der Waals surface area contributed by atoms with Crippen molar-refractivity contribution in [3.8, 4) is 0 Å². The molecule has 0 aliphatic carbocycles. The number of hydrogen-bond acceptors (Lipinski definition) is 5. The normalized spacial score (nSPS) is 24.4. The maximum Gasteiger partial charge on any atom is 0.227 e. The summed E-state index contributed by atoms with van der Waals surface area (Å²) in [4.78, 5) is 1.72. The SMILES string of the molecule is NNS(=O)(=O)C1CCS(=O)(=O)CC1. The molecule has 0 amide bonds. The van der Waals surface area contributed by atoms with Crippen LogP contribution >= 0.6 is 0 Å². The smallest absolute Gasteiger partial charge is 0.227 e. The van der Waals surface area contributed by atoms with Gasteiger partial charge in [-0.2, -0.15) is 4.83 Å². The van der Waals surface area contributed by atoms with E-state index in [-0.39, 0.29) is 24.3 Å². The first kappa shape index (κ1) is 10.9. The molecule has 1 heterocycles. The molecule has 8 heteroatoms. The minimum Gasteiger partial charge on any atom is -0.258 e. The zero-order chi connectivity index (χ0) is 10.1. The zero-order valence-corrected chi connectivity index (χ0v) is 8.57. The molecule has 0 aromatic heterocycles. The number of sulfone groups is 1. The highest BCUT2D eigenvalue weighted by Crippen LogP contribution is 2.17. The molecule has 1 rings (SSSR count). The van der Waals surface area contributed by atoms with Crippen LogP contribution in [0.2, 0.25) is 0 Å². The van der Waals surface area contributed by atoms with Crippen molar-refractivity contribution >= 4 is 19.9 Å². The van der Waals surface area contributed by atoms with Gasteiger partial charge in [0.1, 0.15) is 9.84 Å². The van der Waals surface area contributed by atoms with Crippen LogP contribution in [0.3, 0.4) is 0 Å². The fraction of sp³-hybridized carbons (Fsp3) is 1.00. The van der Waals surface area contributed by atoms with Crippen LogP contribution in [-0.4, -0.2) is 33.6 Å². The first-order valence-corrected chi connectivity index (χ1v) is 7.16. The maximum atomic E-state index is 11.1. The Kier molecular flexibility index (Phi) is 2.95. The third-order valence-corrected chi connectivity index (χ3v) is 5.50. The molecule has 0 aromatic rings. The molecular weight excluding hydrogens is 216 g/mol. The van der Waals surface area contributed by atoms with Crippen molar-refractivity contribution in [2.24, 2.45) is 5.84 Å². The van der Waals surface area contributed by atoms with Gasteiger partial charge in [-0.25, -0.2) is 16.8 Å². The first-order chi connectivity index (χ1) is 5.87. The van der Waals surface area contributed by atoms with Gasteiger partial charge < -0.3 is 0 Å². The second kappa shape index (κ2) is 3.52. The fourth-order valence-corrected chi connectivity index (χ4v) is 4.11. The number of hydrazine groups is 1. The minimum atomic E-state index is -3.51. The van der Waals surface area contributed by atoms with Crippen LogP contribution < -0.4 is 10.7 Å². The summed E-state index contributed by atoms with van der Waals surface area (Å²) in [7, 11) is -6.53. The van der Waals surface area contributed by atoms with Crippen molar-refractivity contribution in [3.05, 3.63) is 0 Å². The average Bonchev–Trinajstić information content (AvgIpc) is 2.04. The van der Waals surface area contributed by atoms with Gasteiger partial charge in [-0.1, -0.05) is 0 Å². The summed E-state index contributed by atoms with van der Waals surface area (Å²) in [6.45, 7) is 0. The summed E-state index contributed by atoms with van der Waals surface area (Å²) in [5.41, 5.74) is 0. The van der Waals surface area contributed by atoms with E-state index in [1.807, 2.05) is 0 Å². The molecule has 0 radical (unpaired) electrons. The van der Waals surface area contributed by atoms with E-state index in [0.717, 1.165) is 0 Å². The zero-order valence-electron chi connectivity index (χ0n) is 6.93. The van der Waals surface area contributed by atoms with Crippen LogP contribution in [0.15, 0.2) is 0 Å². The molecule has 6 nitrogen and oxygen atoms in total. The summed E-state index contributed by atoms with van der Waals surface area (Å²) in [5, 5.41) is -0.666. The summed E-state index contributed by atoms with van der Waals surface area (Å²) >= 11 is 0. The Hall–Kier alpha value is -0.180. The summed E-state index contributed by atoms with van der Waals surface area (Å²) in [6, 6.07) is 0. The van der Waals surface area contributed by atoms with Gasteiger partial charge in [-0.05, 0) is 12.8 Å². The van der Waals surface area contributed by atoms with Crippen molar-refractivity contribution in [3.63, 3.8) is 0 Å². The second-order valence-corrected chi connectivity index (χ2v) is 7.31. The maximum absolute atomic E-state index is 11.1. The Bertz CT molecular complexity index is 357. The topological polar surface area (TPSA) is 106 Å². The van der Waals surface area contributed by atoms with Crippen LogP contribution in [-0.2, 0) is 19.9 Å². The van der Waals surface area contributed by atoms with E-state index in [4.69, 9.17) is 5.84 Å². The quantitative estimate of drug-likeness (QED) is 0.435. The molecule has 78 valence electrons. The Morgan fingerprint density at radius 1 is 1.23 bits per heavy atom. The predicted molar refractivity (Wildman–Crippen MR) is 47.9 cm³/mol. The summed E-state index contributed by atoms with van der Waals surface area (Å²) in [6.07, 6.45) is 0.268. The number of hydrogen-bond donors (Lipinski definition) is 2. The van der Waals surface area contributed by atoms with Crippen LogP contribution in [0.25, 0.3) is 0 Å². The van der Waals surface area contributed by atoms with Gasteiger partial charge in [0.25, 0.3) is 0 Å². The van der Waals surface area contributed by atoms with Crippen molar-refractivity contribution in [1.82, 2.24) is 4.83 Å². The molecule has 1 aliphatic heterocycles. The first-order valence-electron chi connectivity index (χ1n) is 3.79. The van der Waals surface area contributed by atoms with E-state index in [2.05, 4.69) is 0 Å². The number of nitrogens with one attached hydrogen (secondary N) is 1. The van der Waals surface area contributed by atoms with E-state index in [1.165, 1.54) is 0 Å². The monoisotopic (exact) mass is 228 g/mol. The lowest BCUT2D eigenvalue weighted by atomic mass is 10.2. The number of sulfonamides is 1. The molecule has 0 saturated carbocycles. The highest BCUT2D eigenvalue weighted by molar-refractivity contribution is 7.92. The molecule has 0 aromatic carbocycles. The van der Waals surface area contributed by atoms with Gasteiger partial charge in [-0.15, -0.1) is 0 Å². The predicted octanol–water partition coefficient (Wildman–Crippen LogP) is -1.64. The van der Waals surface area contributed by atoms with E-state index in [9.17, 15) is 16.8 Å². The summed E-state index contributed by atoms with van der Waals surface area (Å²) in [5.74, 6) is 4.68. The number of nitrogens with two attached hydrogens (primary N) is 1. The molecule has 0 atom stereocenters. The van der Waals surface area contributed by atoms with Crippen LogP contribution in [0.4, 0.5) is 0 Å². The van der Waals surface area contributed by atoms with Crippen molar-refractivity contribution < 1.29 is 16.8 Å². The molecule has 3 N–H and O–H groups in total. The van der Waals surface area contributed by atoms with Crippen molar-refractivity contribution in [2.45, 2.75) is 18.1 Å². The second-order valence-electron chi connectivity index (χ2n) is 3.01. The van der Waals surface area contributed by atoms with Gasteiger partial charge in [0.05, 0.1) is 16.8 Å². The minimum absolute atomic E-state index is 0.0709. The van der Waals surface area contributed by atoms with Gasteiger partial charge in [0.15, 0.2) is 0 Å². The largest absolute Gasteiger partial charge is 0.258 e. The van der Waals surface area contributed by atoms with Gasteiger partial charge >= 0.3 is 0 Å². The van der Waals surface area contributed by atoms with E-state index in [0.29, 0.717) is 0 Å². The summed E-state index contributed by atoms with van der Waals surface area (Å²) < 4.78 is 44.2. The lowest BCUT2D eigenvalue weighted by molar-refractivity contribution is 0.544. The number of rotatable bonds is 2. The van der Waals surface area contributed by atoms with Crippen LogP contribution in [0, 0.1) is 0 Å². The molecule has 0 unspecified atom stereocenters. The Morgan fingerprint density at radius 2 is 1.69 bits per heavy atom. The highest BCUT2D eigenvalue weighted by Gasteiger charge is 2.31. The van der Waals surface area contributed by atoms with Crippen molar-refractivity contribution in [2.75, 3.05) is 11.5 Å². The van der Waals surface area contributed by atoms with E-state index < -0.39 is 25.1 Å². The highest BCUT2D eigenvalue weighted by atomic mass is 32.2. The average molecular weight is 228 g/mol. The Morgan fingerprint density at radius 3 is 2.08 bits per heavy atom. The standard InChI is InChI=1S/C5H12N2O4S2/c6-7-13(10,11)5-1-3-12(8,9)4-2-5/h5,7H,1-4,6H2. The lowest BCUT2D eigenvalue weighted by Crippen LogP contribution is -2.42. The molecule has 1 saturated heterocycles. The fourth-order valence-electron chi connectivity index (χ4n) is 1.27. The van der Waals surface area contributed by atoms with Gasteiger partial charge in [0, 0.05) is 0 Å². The third-order valence-electron chi connectivity index (χ3n) is 2.10. The molecule has 0 spiro atoms. The lowest BCUT2D eigenvalue weighted by Gasteiger charge is -2.20. The van der Waals surface area contributed by atoms with Gasteiger partial charge in [-0.3, -0.25) is 5.84 Å². The van der Waals surface area contributed by atoms with Crippen molar-refractivity contribution in [1.29, 1.82) is 0 Å². The molecule has 1 aliphatic rings. The van der Waals surface area contributed by atoms with E-state index in [1.54, 1.807) is 4.83 Å².